The van der Waals surface area contributed by atoms with Gasteiger partial charge in [-0.15, -0.1) is 0 Å². The highest BCUT2D eigenvalue weighted by molar-refractivity contribution is 5.77. The number of nitrogens with one attached hydrogen (secondary N) is 1. The molecule has 3 aliphatic rings. The highest BCUT2D eigenvalue weighted by Gasteiger charge is 2.63. The van der Waals surface area contributed by atoms with Gasteiger partial charge in [0.15, 0.2) is 5.60 Å². The van der Waals surface area contributed by atoms with E-state index in [1.54, 1.807) is 24.3 Å². The van der Waals surface area contributed by atoms with Gasteiger partial charge in [0.25, 0.3) is 0 Å². The molecule has 8 heteroatoms. The molecule has 2 aliphatic heterocycles. The molecule has 4 N–H and O–H groups in total. The molecule has 0 radical (unpaired) electrons. The number of hydrogen-bond donors (Lipinski definition) is 3. The van der Waals surface area contributed by atoms with Gasteiger partial charge in [-0.2, -0.15) is 13.2 Å². The molecule has 0 bridgehead atoms. The molecule has 1 aromatic carbocycles. The number of rotatable bonds is 4. The number of amides is 1. The second kappa shape index (κ2) is 7.80. The molecule has 166 valence electrons. The topological polar surface area (TPSA) is 84.6 Å². The highest BCUT2D eigenvalue weighted by Crippen LogP contribution is 2.52. The van der Waals surface area contributed by atoms with Crippen molar-refractivity contribution >= 4 is 5.91 Å². The molecule has 1 aromatic rings. The highest BCUT2D eigenvalue weighted by atomic mass is 19.4. The SMILES string of the molecule is NC(=O)C1CCN[C@@]2(CO[C@@H]2[C@@H]2CC[C@](O)(C(F)(F)F)[C@@H](Cc3ccccc3)C2)C1. The van der Waals surface area contributed by atoms with Gasteiger partial charge in [0, 0.05) is 11.8 Å². The van der Waals surface area contributed by atoms with Gasteiger partial charge in [0.2, 0.25) is 5.91 Å². The van der Waals surface area contributed by atoms with Crippen molar-refractivity contribution in [3.63, 3.8) is 0 Å². The fourth-order valence-corrected chi connectivity index (χ4v) is 5.73. The van der Waals surface area contributed by atoms with E-state index in [2.05, 4.69) is 5.32 Å². The van der Waals surface area contributed by atoms with E-state index in [9.17, 15) is 23.1 Å². The van der Waals surface area contributed by atoms with Crippen molar-refractivity contribution in [1.29, 1.82) is 0 Å². The first kappa shape index (κ1) is 21.6. The molecule has 1 spiro atoms. The molecule has 0 aromatic heterocycles. The Labute approximate surface area is 174 Å². The van der Waals surface area contributed by atoms with Crippen LogP contribution in [0.5, 0.6) is 0 Å². The van der Waals surface area contributed by atoms with E-state index in [1.165, 1.54) is 0 Å². The van der Waals surface area contributed by atoms with E-state index in [4.69, 9.17) is 10.5 Å². The maximum Gasteiger partial charge on any atom is 0.417 e. The molecule has 1 saturated carbocycles. The van der Waals surface area contributed by atoms with Crippen molar-refractivity contribution in [1.82, 2.24) is 5.32 Å². The summed E-state index contributed by atoms with van der Waals surface area (Å²) in [6, 6.07) is 8.99. The van der Waals surface area contributed by atoms with Gasteiger partial charge in [-0.1, -0.05) is 30.3 Å². The van der Waals surface area contributed by atoms with Crippen molar-refractivity contribution in [3.05, 3.63) is 35.9 Å². The Hall–Kier alpha value is -1.64. The summed E-state index contributed by atoms with van der Waals surface area (Å²) in [4.78, 5) is 11.7. The van der Waals surface area contributed by atoms with Crippen molar-refractivity contribution in [2.24, 2.45) is 23.5 Å². The van der Waals surface area contributed by atoms with Gasteiger partial charge in [-0.25, -0.2) is 0 Å². The van der Waals surface area contributed by atoms with E-state index in [1.807, 2.05) is 6.07 Å². The second-order valence-electron chi connectivity index (χ2n) is 9.25. The van der Waals surface area contributed by atoms with Crippen LogP contribution >= 0.6 is 0 Å². The quantitative estimate of drug-likeness (QED) is 0.691. The Morgan fingerprint density at radius 1 is 1.27 bits per heavy atom. The molecule has 6 atom stereocenters. The van der Waals surface area contributed by atoms with Gasteiger partial charge >= 0.3 is 6.18 Å². The molecule has 3 fully saturated rings. The van der Waals surface area contributed by atoms with Gasteiger partial charge < -0.3 is 20.9 Å². The molecule has 1 unspecified atom stereocenters. The number of carbonyl (C=O) groups is 1. The molecule has 4 rings (SSSR count). The number of hydrogen-bond acceptors (Lipinski definition) is 4. The summed E-state index contributed by atoms with van der Waals surface area (Å²) >= 11 is 0. The summed E-state index contributed by atoms with van der Waals surface area (Å²) in [6.07, 6.45) is -3.46. The minimum absolute atomic E-state index is 0.116. The van der Waals surface area contributed by atoms with Gasteiger partial charge in [0.1, 0.15) is 0 Å². The summed E-state index contributed by atoms with van der Waals surface area (Å²) in [5, 5.41) is 14.2. The van der Waals surface area contributed by atoms with Crippen LogP contribution in [0.1, 0.15) is 37.7 Å². The van der Waals surface area contributed by atoms with E-state index in [0.29, 0.717) is 26.0 Å². The number of ether oxygens (including phenoxy) is 1. The van der Waals surface area contributed by atoms with Crippen LogP contribution < -0.4 is 11.1 Å². The molecular weight excluding hydrogens is 397 g/mol. The number of piperidine rings is 1. The van der Waals surface area contributed by atoms with Crippen LogP contribution in [0.2, 0.25) is 0 Å². The van der Waals surface area contributed by atoms with Crippen LogP contribution in [0, 0.1) is 17.8 Å². The normalized spacial score (nSPS) is 39.5. The lowest BCUT2D eigenvalue weighted by atomic mass is 9.62. The zero-order valence-electron chi connectivity index (χ0n) is 16.8. The minimum Gasteiger partial charge on any atom is -0.380 e. The average molecular weight is 426 g/mol. The minimum atomic E-state index is -4.68. The lowest BCUT2D eigenvalue weighted by Gasteiger charge is -2.58. The van der Waals surface area contributed by atoms with Gasteiger partial charge in [-0.3, -0.25) is 4.79 Å². The lowest BCUT2D eigenvalue weighted by Crippen LogP contribution is -2.73. The zero-order chi connectivity index (χ0) is 21.6. The first-order valence-corrected chi connectivity index (χ1v) is 10.6. The third-order valence-corrected chi connectivity index (χ3v) is 7.45. The third kappa shape index (κ3) is 3.74. The maximum atomic E-state index is 13.8. The lowest BCUT2D eigenvalue weighted by molar-refractivity contribution is -0.298. The van der Waals surface area contributed by atoms with E-state index < -0.39 is 23.2 Å². The summed E-state index contributed by atoms with van der Waals surface area (Å²) in [7, 11) is 0. The Kier molecular flexibility index (Phi) is 5.61. The van der Waals surface area contributed by atoms with E-state index in [0.717, 1.165) is 5.56 Å². The molecular formula is C22H29F3N2O3. The van der Waals surface area contributed by atoms with Crippen LogP contribution in [0.15, 0.2) is 30.3 Å². The van der Waals surface area contributed by atoms with Crippen LogP contribution in [-0.4, -0.2) is 47.6 Å². The number of benzene rings is 1. The fourth-order valence-electron chi connectivity index (χ4n) is 5.73. The molecule has 5 nitrogen and oxygen atoms in total. The van der Waals surface area contributed by atoms with E-state index >= 15 is 0 Å². The van der Waals surface area contributed by atoms with Crippen LogP contribution in [-0.2, 0) is 16.0 Å². The summed E-state index contributed by atoms with van der Waals surface area (Å²) in [6.45, 7) is 1.07. The Morgan fingerprint density at radius 2 is 2.00 bits per heavy atom. The number of primary amides is 1. The first-order valence-electron chi connectivity index (χ1n) is 10.6. The fraction of sp³-hybridized carbons (Fsp3) is 0.682. The number of nitrogens with two attached hydrogens (primary N) is 1. The van der Waals surface area contributed by atoms with Crippen molar-refractivity contribution in [3.8, 4) is 0 Å². The van der Waals surface area contributed by atoms with Crippen molar-refractivity contribution in [2.45, 2.75) is 61.9 Å². The monoisotopic (exact) mass is 426 g/mol. The van der Waals surface area contributed by atoms with Gasteiger partial charge in [-0.05, 0) is 56.6 Å². The van der Waals surface area contributed by atoms with Crippen LogP contribution in [0.3, 0.4) is 0 Å². The number of aliphatic hydroxyl groups is 1. The summed E-state index contributed by atoms with van der Waals surface area (Å²) < 4.78 is 47.4. The molecule has 30 heavy (non-hydrogen) atoms. The largest absolute Gasteiger partial charge is 0.417 e. The standard InChI is InChI=1S/C22H29F3N2O3/c23-22(24,25)21(29)8-6-15(11-17(21)10-14-4-2-1-3-5-14)18-20(13-30-18)12-16(19(26)28)7-9-27-20/h1-5,15-18,27,29H,6-13H2,(H2,26,28)/t15-,16?,17+,18-,20-,21-/m1/s1. The van der Waals surface area contributed by atoms with Gasteiger partial charge in [0.05, 0.1) is 18.2 Å². The van der Waals surface area contributed by atoms with Crippen molar-refractivity contribution < 1.29 is 27.8 Å². The molecule has 2 heterocycles. The Balaban J connectivity index is 1.54. The van der Waals surface area contributed by atoms with Crippen molar-refractivity contribution in [2.75, 3.05) is 13.2 Å². The number of halogens is 3. The Morgan fingerprint density at radius 3 is 2.60 bits per heavy atom. The molecule has 1 amide bonds. The predicted molar refractivity (Wildman–Crippen MR) is 104 cm³/mol. The number of alkyl halides is 3. The van der Waals surface area contributed by atoms with Crippen LogP contribution in [0.4, 0.5) is 13.2 Å². The summed E-state index contributed by atoms with van der Waals surface area (Å²) in [5.74, 6) is -1.64. The summed E-state index contributed by atoms with van der Waals surface area (Å²) in [5.41, 5.74) is 3.18. The molecule has 2 saturated heterocycles. The first-order chi connectivity index (χ1) is 14.1. The second-order valence-corrected chi connectivity index (χ2v) is 9.25. The maximum absolute atomic E-state index is 13.8. The molecule has 1 aliphatic carbocycles. The predicted octanol–water partition coefficient (Wildman–Crippen LogP) is 2.56. The Bertz CT molecular complexity index is 775. The smallest absolute Gasteiger partial charge is 0.380 e. The van der Waals surface area contributed by atoms with Crippen LogP contribution in [0.25, 0.3) is 0 Å². The number of carbonyl (C=O) groups excluding carboxylic acids is 1. The zero-order valence-corrected chi connectivity index (χ0v) is 16.8. The third-order valence-electron chi connectivity index (χ3n) is 7.45. The van der Waals surface area contributed by atoms with E-state index in [-0.39, 0.29) is 49.5 Å². The average Bonchev–Trinajstić information content (AvgIpc) is 2.70.